The largest absolute Gasteiger partial charge is 0.481 e. The summed E-state index contributed by atoms with van der Waals surface area (Å²) in [6.45, 7) is 6.38. The van der Waals surface area contributed by atoms with E-state index in [9.17, 15) is 97.1 Å². The van der Waals surface area contributed by atoms with Crippen molar-refractivity contribution in [1.82, 2.24) is 63.0 Å². The molecular weight excluding hydrogens is 1310 g/mol. The molecule has 0 aliphatic carbocycles. The first-order chi connectivity index (χ1) is 47.2. The number of hydrogen-bond donors (Lipinski definition) is 16. The maximum Gasteiger partial charge on any atom is 0.308 e. The number of carboxylic acid groups (broad SMARTS) is 4. The van der Waals surface area contributed by atoms with Gasteiger partial charge in [-0.2, -0.15) is 0 Å². The highest BCUT2D eigenvalue weighted by molar-refractivity contribution is 6.01. The predicted molar refractivity (Wildman–Crippen MR) is 354 cm³/mol. The maximum atomic E-state index is 15.4. The number of carboxylic acids is 4. The minimum atomic E-state index is -2.17. The first kappa shape index (κ1) is 82.6. The molecule has 3 fully saturated rings. The van der Waals surface area contributed by atoms with Gasteiger partial charge in [-0.3, -0.25) is 81.5 Å². The molecule has 3 aliphatic rings. The van der Waals surface area contributed by atoms with Crippen LogP contribution in [0.15, 0.2) is 24.3 Å². The summed E-state index contributed by atoms with van der Waals surface area (Å²) >= 11 is 0. The van der Waals surface area contributed by atoms with Gasteiger partial charge in [0, 0.05) is 31.2 Å². The highest BCUT2D eigenvalue weighted by Crippen LogP contribution is 2.24. The highest BCUT2D eigenvalue weighted by atomic mass is 16.4. The molecule has 554 valence electrons. The standard InChI is InChI=1S/C65H98N14O21/c1-7-8-9-10-11-12-13-14-15-24-45(80)70-39-21-18-20-38(27-39)28-46(81)71-42(31-51(88)89)58(92)77-55-37(6)69-59(93)44-23-19-26-79(44)63(97)52(34(2)3)75-62(96)54(36(5)66)74-48(83)33-68-56(90)40(29-49(84)85)72-47(82)32-67-57(91)41(30-50(86)87)73-61(95)53(35(4)65(99)100)76-60(94)43-22-16-17-25-78(43)64(55)98/h18,20-21,27,34-37,40-44,52-55H,7-17,19,22-26,28-33,66H2,1-6H3,(H,67,91)(H,68,90)(H,69,93)(H,70,80)(H,71,81)(H,72,82)(H,73,95)(H,74,83)(H,75,96)(H,76,94)(H,77,92)(H,84,85)(H,86,87)(H,88,89)(H,99,100). The zero-order valence-electron chi connectivity index (χ0n) is 57.3. The average Bonchev–Trinajstić information content (AvgIpc) is 1.24. The maximum absolute atomic E-state index is 15.4. The number of nitrogens with one attached hydrogen (secondary N) is 11. The van der Waals surface area contributed by atoms with Gasteiger partial charge in [-0.1, -0.05) is 84.3 Å². The molecule has 0 spiro atoms. The van der Waals surface area contributed by atoms with E-state index in [0.29, 0.717) is 17.7 Å². The molecule has 4 rings (SSSR count). The third-order valence-corrected chi connectivity index (χ3v) is 17.2. The topological polar surface area (TPSA) is 536 Å². The molecule has 100 heavy (non-hydrogen) atoms. The summed E-state index contributed by atoms with van der Waals surface area (Å²) in [5, 5.41) is 65.3. The van der Waals surface area contributed by atoms with E-state index in [1.807, 2.05) is 16.0 Å². The van der Waals surface area contributed by atoms with Crippen LogP contribution in [-0.4, -0.2) is 224 Å². The van der Waals surface area contributed by atoms with E-state index in [4.69, 9.17) is 5.73 Å². The summed E-state index contributed by atoms with van der Waals surface area (Å²) < 4.78 is 0. The summed E-state index contributed by atoms with van der Waals surface area (Å²) in [6, 6.07) is -12.7. The van der Waals surface area contributed by atoms with Crippen molar-refractivity contribution in [3.8, 4) is 0 Å². The Morgan fingerprint density at radius 2 is 1.11 bits per heavy atom. The molecule has 3 saturated heterocycles. The average molecular weight is 1410 g/mol. The van der Waals surface area contributed by atoms with Crippen LogP contribution in [0.4, 0.5) is 5.69 Å². The van der Waals surface area contributed by atoms with Crippen molar-refractivity contribution in [3.63, 3.8) is 0 Å². The van der Waals surface area contributed by atoms with E-state index in [-0.39, 0.29) is 57.5 Å². The van der Waals surface area contributed by atoms with Gasteiger partial charge in [-0.15, -0.1) is 0 Å². The Hall–Kier alpha value is -9.83. The number of piperidine rings is 1. The molecule has 3 aliphatic heterocycles. The van der Waals surface area contributed by atoms with E-state index in [1.54, 1.807) is 32.0 Å². The van der Waals surface area contributed by atoms with Crippen LogP contribution in [-0.2, 0) is 87.9 Å². The van der Waals surface area contributed by atoms with Crippen LogP contribution in [0.25, 0.3) is 0 Å². The molecule has 12 atom stereocenters. The Morgan fingerprint density at radius 3 is 1.68 bits per heavy atom. The normalized spacial score (nSPS) is 23.9. The first-order valence-corrected chi connectivity index (χ1v) is 33.8. The van der Waals surface area contributed by atoms with Gasteiger partial charge >= 0.3 is 23.9 Å². The highest BCUT2D eigenvalue weighted by Gasteiger charge is 2.45. The molecule has 35 nitrogen and oxygen atoms in total. The van der Waals surface area contributed by atoms with Crippen molar-refractivity contribution in [1.29, 1.82) is 0 Å². The number of nitrogens with two attached hydrogens (primary N) is 1. The first-order valence-electron chi connectivity index (χ1n) is 33.8. The molecule has 0 aromatic heterocycles. The summed E-state index contributed by atoms with van der Waals surface area (Å²) in [6.07, 6.45) is 6.29. The van der Waals surface area contributed by atoms with Crippen LogP contribution in [0.1, 0.15) is 163 Å². The lowest BCUT2D eigenvalue weighted by Gasteiger charge is -2.39. The molecule has 1 aromatic carbocycles. The van der Waals surface area contributed by atoms with Gasteiger partial charge in [0.25, 0.3) is 0 Å². The number of rotatable bonds is 26. The Kier molecular flexibility index (Phi) is 33.8. The number of hydrogen-bond acceptors (Lipinski definition) is 18. The zero-order valence-corrected chi connectivity index (χ0v) is 57.3. The Morgan fingerprint density at radius 1 is 0.580 bits per heavy atom. The number of fused-ring (bicyclic) bond motifs is 2. The van der Waals surface area contributed by atoms with E-state index in [0.717, 1.165) is 48.8 Å². The zero-order chi connectivity index (χ0) is 74.5. The van der Waals surface area contributed by atoms with Gasteiger partial charge in [-0.05, 0) is 82.9 Å². The molecule has 17 N–H and O–H groups in total. The smallest absolute Gasteiger partial charge is 0.308 e. The molecule has 13 amide bonds. The Labute approximate surface area is 578 Å². The number of unbranched alkanes of at least 4 members (excludes halogenated alkanes) is 8. The fourth-order valence-electron chi connectivity index (χ4n) is 11.7. The molecule has 0 saturated carbocycles. The van der Waals surface area contributed by atoms with Crippen LogP contribution in [0.2, 0.25) is 0 Å². The second kappa shape index (κ2) is 40.9. The van der Waals surface area contributed by atoms with E-state index in [1.165, 1.54) is 39.2 Å². The number of anilines is 1. The lowest BCUT2D eigenvalue weighted by molar-refractivity contribution is -0.150. The minimum absolute atomic E-state index is 0.00375. The quantitative estimate of drug-likeness (QED) is 0.0436. The summed E-state index contributed by atoms with van der Waals surface area (Å²) in [5.41, 5.74) is 6.83. The monoisotopic (exact) mass is 1410 g/mol. The fraction of sp³-hybridized carbons (Fsp3) is 0.646. The number of carbonyl (C=O) groups is 17. The summed E-state index contributed by atoms with van der Waals surface area (Å²) in [4.78, 5) is 233. The van der Waals surface area contributed by atoms with Crippen LogP contribution in [0.5, 0.6) is 0 Å². The van der Waals surface area contributed by atoms with Gasteiger partial charge in [0.05, 0.1) is 50.7 Å². The van der Waals surface area contributed by atoms with Crippen molar-refractivity contribution < 1.29 is 102 Å². The van der Waals surface area contributed by atoms with E-state index >= 15 is 4.79 Å². The molecule has 12 unspecified atom stereocenters. The third-order valence-electron chi connectivity index (χ3n) is 17.2. The number of aliphatic carboxylic acids is 4. The van der Waals surface area contributed by atoms with Crippen molar-refractivity contribution in [2.45, 2.75) is 230 Å². The molecule has 3 heterocycles. The van der Waals surface area contributed by atoms with Crippen LogP contribution in [0.3, 0.4) is 0 Å². The van der Waals surface area contributed by atoms with Gasteiger partial charge in [-0.25, -0.2) is 0 Å². The Bertz CT molecular complexity index is 3150. The number of benzene rings is 1. The molecule has 0 radical (unpaired) electrons. The SMILES string of the molecule is CCCCCCCCCCCC(=O)Nc1cccc(CC(=O)NC(CC(=O)O)C(=O)NC2C(=O)N3CCCCC3C(=O)NC(C(C)C(=O)O)C(=O)NC(CC(=O)O)C(=O)NCC(=O)NC(CC(=O)O)C(=O)NCC(=O)NC(C(C)N)C(=O)NC(C(C)C)C(=O)N3CCCC3C(=O)NC2C)c1. The lowest BCUT2D eigenvalue weighted by atomic mass is 9.96. The molecule has 1 aromatic rings. The van der Waals surface area contributed by atoms with E-state index < -0.39 is 212 Å². The third kappa shape index (κ3) is 26.8. The van der Waals surface area contributed by atoms with Crippen molar-refractivity contribution >= 4 is 106 Å². The minimum Gasteiger partial charge on any atom is -0.481 e. The predicted octanol–water partition coefficient (Wildman–Crippen LogP) is -2.25. The second-order valence-corrected chi connectivity index (χ2v) is 25.8. The number of nitrogens with zero attached hydrogens (tertiary/aromatic N) is 2. The molecule has 0 bridgehead atoms. The van der Waals surface area contributed by atoms with Crippen molar-refractivity contribution in [2.24, 2.45) is 17.6 Å². The molecular formula is C65H98N14O21. The van der Waals surface area contributed by atoms with Gasteiger partial charge in [0.2, 0.25) is 76.8 Å². The van der Waals surface area contributed by atoms with Crippen molar-refractivity contribution in [3.05, 3.63) is 29.8 Å². The van der Waals surface area contributed by atoms with Crippen LogP contribution >= 0.6 is 0 Å². The number of carbonyl (C=O) groups excluding carboxylic acids is 13. The summed E-state index contributed by atoms with van der Waals surface area (Å²) in [7, 11) is 0. The lowest BCUT2D eigenvalue weighted by Crippen LogP contribution is -2.66. The van der Waals surface area contributed by atoms with Gasteiger partial charge in [0.1, 0.15) is 54.4 Å². The Balaban J connectivity index is 1.76. The van der Waals surface area contributed by atoms with Crippen molar-refractivity contribution in [2.75, 3.05) is 31.5 Å². The fourth-order valence-corrected chi connectivity index (χ4v) is 11.7. The van der Waals surface area contributed by atoms with Gasteiger partial charge in [0.15, 0.2) is 0 Å². The number of amides is 13. The van der Waals surface area contributed by atoms with E-state index in [2.05, 4.69) is 49.5 Å². The summed E-state index contributed by atoms with van der Waals surface area (Å²) in [5.74, 6) is -23.2. The van der Waals surface area contributed by atoms with Gasteiger partial charge < -0.3 is 94.4 Å². The second-order valence-electron chi connectivity index (χ2n) is 25.8. The van der Waals surface area contributed by atoms with Crippen LogP contribution in [0, 0.1) is 11.8 Å². The molecule has 35 heteroatoms. The van der Waals surface area contributed by atoms with Crippen LogP contribution < -0.4 is 64.2 Å².